The predicted molar refractivity (Wildman–Crippen MR) is 113 cm³/mol. The number of imidazole rings is 1. The van der Waals surface area contributed by atoms with Crippen LogP contribution < -0.4 is 10.1 Å². The summed E-state index contributed by atoms with van der Waals surface area (Å²) in [4.78, 5) is 23.0. The Hall–Kier alpha value is -3.40. The molecule has 0 saturated carbocycles. The van der Waals surface area contributed by atoms with Gasteiger partial charge in [0.15, 0.2) is 0 Å². The molecule has 4 heterocycles. The van der Waals surface area contributed by atoms with Crippen molar-refractivity contribution in [2.24, 2.45) is 0 Å². The van der Waals surface area contributed by atoms with E-state index in [1.165, 1.54) is 6.07 Å². The average molecular weight is 457 g/mol. The summed E-state index contributed by atoms with van der Waals surface area (Å²) in [6, 6.07) is 11.1. The van der Waals surface area contributed by atoms with E-state index in [0.29, 0.717) is 37.6 Å². The van der Waals surface area contributed by atoms with Crippen LogP contribution in [0.3, 0.4) is 0 Å². The molecule has 0 bridgehead atoms. The van der Waals surface area contributed by atoms with Crippen LogP contribution in [0.15, 0.2) is 48.7 Å². The van der Waals surface area contributed by atoms with Crippen molar-refractivity contribution in [3.63, 3.8) is 0 Å². The molecule has 2 aromatic heterocycles. The Morgan fingerprint density at radius 1 is 1.15 bits per heavy atom. The third kappa shape index (κ3) is 4.30. The molecular formula is C23H22F3N5O2. The van der Waals surface area contributed by atoms with Crippen molar-refractivity contribution in [3.8, 4) is 5.75 Å². The van der Waals surface area contributed by atoms with Crippen LogP contribution in [0.2, 0.25) is 0 Å². The standard InChI is InChI=1S/C23H22F3N5O2/c1-30-12-21-29-17(22(32)27-15-9-14-5-2-3-7-19(14)33-13-15)10-31(21)11-18(30)16-6-4-8-20(28-16)23(24,25)26/h2-8,10,15,18H,9,11-13H2,1H3,(H,27,32)/t15-,18?/m1/s1. The van der Waals surface area contributed by atoms with Crippen molar-refractivity contribution in [2.45, 2.75) is 37.8 Å². The van der Waals surface area contributed by atoms with Crippen LogP contribution in [-0.4, -0.2) is 45.0 Å². The Labute approximate surface area is 188 Å². The van der Waals surface area contributed by atoms with E-state index < -0.39 is 11.9 Å². The van der Waals surface area contributed by atoms with E-state index in [0.717, 1.165) is 17.4 Å². The Morgan fingerprint density at radius 2 is 1.97 bits per heavy atom. The van der Waals surface area contributed by atoms with Crippen LogP contribution in [-0.2, 0) is 25.7 Å². The van der Waals surface area contributed by atoms with E-state index in [-0.39, 0.29) is 23.7 Å². The van der Waals surface area contributed by atoms with Crippen LogP contribution >= 0.6 is 0 Å². The highest BCUT2D eigenvalue weighted by atomic mass is 19.4. The Balaban J connectivity index is 1.30. The number of carbonyl (C=O) groups is 1. The Kier molecular flexibility index (Phi) is 5.32. The molecule has 0 saturated heterocycles. The topological polar surface area (TPSA) is 72.3 Å². The first-order chi connectivity index (χ1) is 15.8. The number of benzene rings is 1. The molecule has 0 spiro atoms. The van der Waals surface area contributed by atoms with Crippen molar-refractivity contribution in [1.82, 2.24) is 24.8 Å². The highest BCUT2D eigenvalue weighted by Gasteiger charge is 2.34. The van der Waals surface area contributed by atoms with Crippen LogP contribution in [0.5, 0.6) is 5.75 Å². The van der Waals surface area contributed by atoms with Gasteiger partial charge < -0.3 is 14.6 Å². The fourth-order valence-corrected chi connectivity index (χ4v) is 4.30. The molecule has 0 aliphatic carbocycles. The first-order valence-electron chi connectivity index (χ1n) is 10.6. The fourth-order valence-electron chi connectivity index (χ4n) is 4.30. The summed E-state index contributed by atoms with van der Waals surface area (Å²) in [6.45, 7) is 1.11. The Morgan fingerprint density at radius 3 is 2.79 bits per heavy atom. The molecule has 1 N–H and O–H groups in total. The molecule has 0 fully saturated rings. The second-order valence-corrected chi connectivity index (χ2v) is 8.36. The number of pyridine rings is 1. The number of hydrogen-bond acceptors (Lipinski definition) is 5. The van der Waals surface area contributed by atoms with Gasteiger partial charge in [-0.3, -0.25) is 9.69 Å². The number of para-hydroxylation sites is 1. The second-order valence-electron chi connectivity index (χ2n) is 8.36. The number of aromatic nitrogens is 3. The molecule has 1 aromatic carbocycles. The molecule has 33 heavy (non-hydrogen) atoms. The summed E-state index contributed by atoms with van der Waals surface area (Å²) in [5, 5.41) is 2.97. The van der Waals surface area contributed by atoms with E-state index in [4.69, 9.17) is 4.74 Å². The van der Waals surface area contributed by atoms with E-state index >= 15 is 0 Å². The lowest BCUT2D eigenvalue weighted by Crippen LogP contribution is -2.42. The number of alkyl halides is 3. The Bertz CT molecular complexity index is 1190. The lowest BCUT2D eigenvalue weighted by Gasteiger charge is -2.32. The summed E-state index contributed by atoms with van der Waals surface area (Å²) >= 11 is 0. The minimum Gasteiger partial charge on any atom is -0.491 e. The summed E-state index contributed by atoms with van der Waals surface area (Å²) in [7, 11) is 1.81. The van der Waals surface area contributed by atoms with Crippen LogP contribution in [0, 0.1) is 0 Å². The summed E-state index contributed by atoms with van der Waals surface area (Å²) < 4.78 is 46.8. The molecule has 2 aliphatic rings. The molecule has 2 atom stereocenters. The number of nitrogens with zero attached hydrogens (tertiary/aromatic N) is 4. The molecule has 0 radical (unpaired) electrons. The normalized spacial score (nSPS) is 20.5. The summed E-state index contributed by atoms with van der Waals surface area (Å²) in [5.41, 5.74) is 0.725. The van der Waals surface area contributed by atoms with Crippen LogP contribution in [0.25, 0.3) is 0 Å². The van der Waals surface area contributed by atoms with Gasteiger partial charge in [-0.1, -0.05) is 24.3 Å². The van der Waals surface area contributed by atoms with Gasteiger partial charge in [-0.2, -0.15) is 13.2 Å². The molecule has 5 rings (SSSR count). The maximum atomic E-state index is 13.1. The highest BCUT2D eigenvalue weighted by molar-refractivity contribution is 5.92. The summed E-state index contributed by atoms with van der Waals surface area (Å²) in [6.07, 6.45) is -2.19. The number of nitrogens with one attached hydrogen (secondary N) is 1. The number of hydrogen-bond donors (Lipinski definition) is 1. The van der Waals surface area contributed by atoms with Crippen molar-refractivity contribution < 1.29 is 22.7 Å². The number of likely N-dealkylation sites (N-methyl/N-ethyl adjacent to an activating group) is 1. The zero-order valence-electron chi connectivity index (χ0n) is 17.8. The predicted octanol–water partition coefficient (Wildman–Crippen LogP) is 3.22. The second kappa shape index (κ2) is 8.18. The van der Waals surface area contributed by atoms with Gasteiger partial charge in [0, 0.05) is 12.7 Å². The molecule has 1 unspecified atom stereocenters. The quantitative estimate of drug-likeness (QED) is 0.654. The number of halogens is 3. The number of carbonyl (C=O) groups excluding carboxylic acids is 1. The van der Waals surface area contributed by atoms with Crippen LogP contribution in [0.4, 0.5) is 13.2 Å². The average Bonchev–Trinajstić information content (AvgIpc) is 3.21. The van der Waals surface area contributed by atoms with Gasteiger partial charge in [0.1, 0.15) is 29.6 Å². The maximum absolute atomic E-state index is 13.1. The number of rotatable bonds is 3. The highest BCUT2D eigenvalue weighted by Crippen LogP contribution is 2.31. The fraction of sp³-hybridized carbons (Fsp3) is 0.348. The number of amides is 1. The molecule has 1 amide bonds. The van der Waals surface area contributed by atoms with Crippen molar-refractivity contribution in [1.29, 1.82) is 0 Å². The molecule has 7 nitrogen and oxygen atoms in total. The SMILES string of the molecule is CN1Cc2nc(C(=O)N[C@H]3COc4ccccc4C3)cn2CC1c1cccc(C(F)(F)F)n1. The smallest absolute Gasteiger partial charge is 0.433 e. The van der Waals surface area contributed by atoms with Gasteiger partial charge >= 0.3 is 6.18 Å². The van der Waals surface area contributed by atoms with Gasteiger partial charge in [-0.15, -0.1) is 0 Å². The minimum atomic E-state index is -4.50. The molecule has 2 aliphatic heterocycles. The molecular weight excluding hydrogens is 435 g/mol. The lowest BCUT2D eigenvalue weighted by atomic mass is 10.0. The number of ether oxygens (including phenoxy) is 1. The van der Waals surface area contributed by atoms with Crippen molar-refractivity contribution in [3.05, 3.63) is 77.1 Å². The van der Waals surface area contributed by atoms with Gasteiger partial charge in [0.25, 0.3) is 5.91 Å². The minimum absolute atomic E-state index is 0.171. The van der Waals surface area contributed by atoms with Crippen molar-refractivity contribution >= 4 is 5.91 Å². The van der Waals surface area contributed by atoms with Crippen LogP contribution in [0.1, 0.15) is 39.3 Å². The van der Waals surface area contributed by atoms with E-state index in [1.807, 2.05) is 33.7 Å². The first-order valence-corrected chi connectivity index (χ1v) is 10.6. The zero-order chi connectivity index (χ0) is 23.2. The molecule has 10 heteroatoms. The van der Waals surface area contributed by atoms with E-state index in [9.17, 15) is 18.0 Å². The third-order valence-electron chi connectivity index (χ3n) is 6.00. The van der Waals surface area contributed by atoms with Gasteiger partial charge in [-0.05, 0) is 37.2 Å². The maximum Gasteiger partial charge on any atom is 0.433 e. The third-order valence-corrected chi connectivity index (χ3v) is 6.00. The van der Waals surface area contributed by atoms with E-state index in [2.05, 4.69) is 15.3 Å². The first kappa shape index (κ1) is 21.4. The summed E-state index contributed by atoms with van der Waals surface area (Å²) in [5.74, 6) is 1.20. The lowest BCUT2D eigenvalue weighted by molar-refractivity contribution is -0.141. The molecule has 172 valence electrons. The monoisotopic (exact) mass is 457 g/mol. The van der Waals surface area contributed by atoms with Crippen molar-refractivity contribution in [2.75, 3.05) is 13.7 Å². The van der Waals surface area contributed by atoms with Gasteiger partial charge in [0.2, 0.25) is 0 Å². The largest absolute Gasteiger partial charge is 0.491 e. The number of fused-ring (bicyclic) bond motifs is 2. The zero-order valence-corrected chi connectivity index (χ0v) is 17.8. The van der Waals surface area contributed by atoms with Gasteiger partial charge in [-0.25, -0.2) is 9.97 Å². The van der Waals surface area contributed by atoms with E-state index in [1.54, 1.807) is 19.3 Å². The molecule has 3 aromatic rings. The van der Waals surface area contributed by atoms with Gasteiger partial charge in [0.05, 0.1) is 24.3 Å².